The number of aliphatic hydroxyl groups excluding tert-OH is 1. The average Bonchev–Trinajstić information content (AvgIpc) is 3.09. The topological polar surface area (TPSA) is 115 Å². The summed E-state index contributed by atoms with van der Waals surface area (Å²) in [5.41, 5.74) is 7.65. The number of amides is 1. The highest BCUT2D eigenvalue weighted by molar-refractivity contribution is 5.99. The minimum atomic E-state index is -0.709. The number of aliphatic hydroxyl groups is 1. The van der Waals surface area contributed by atoms with E-state index in [0.717, 1.165) is 11.1 Å². The number of ether oxygens (including phenoxy) is 1. The predicted octanol–water partition coefficient (Wildman–Crippen LogP) is -0.446. The van der Waals surface area contributed by atoms with Crippen LogP contribution in [0.1, 0.15) is 10.4 Å². The van der Waals surface area contributed by atoms with E-state index < -0.39 is 12.1 Å². The first-order valence-electron chi connectivity index (χ1n) is 6.86. The number of hydrogen-bond acceptors (Lipinski definition) is 6. The molecule has 8 heteroatoms. The van der Waals surface area contributed by atoms with Crippen LogP contribution in [-0.2, 0) is 11.8 Å². The number of pyridine rings is 1. The van der Waals surface area contributed by atoms with Gasteiger partial charge in [-0.3, -0.25) is 9.48 Å². The fourth-order valence-corrected chi connectivity index (χ4v) is 2.31. The van der Waals surface area contributed by atoms with Crippen LogP contribution in [0.3, 0.4) is 0 Å². The fraction of sp³-hybridized carbons (Fsp3) is 0.357. The van der Waals surface area contributed by atoms with Crippen molar-refractivity contribution in [3.8, 4) is 11.1 Å². The lowest BCUT2D eigenvalue weighted by Gasteiger charge is -2.15. The smallest absolute Gasteiger partial charge is 0.255 e. The first-order chi connectivity index (χ1) is 10.5. The molecule has 8 nitrogen and oxygen atoms in total. The Bertz CT molecular complexity index is 700. The molecule has 3 rings (SSSR count). The molecule has 22 heavy (non-hydrogen) atoms. The van der Waals surface area contributed by atoms with E-state index in [2.05, 4.69) is 15.4 Å². The third-order valence-electron chi connectivity index (χ3n) is 3.57. The minimum Gasteiger partial charge on any atom is -0.388 e. The number of hydrogen-bond donors (Lipinski definition) is 3. The molecule has 0 radical (unpaired) electrons. The molecule has 4 N–H and O–H groups in total. The van der Waals surface area contributed by atoms with Gasteiger partial charge in [0.05, 0.1) is 37.1 Å². The van der Waals surface area contributed by atoms with E-state index in [0.29, 0.717) is 0 Å². The molecule has 1 fully saturated rings. The minimum absolute atomic E-state index is 0.138. The van der Waals surface area contributed by atoms with Crippen molar-refractivity contribution in [3.05, 3.63) is 30.2 Å². The number of anilines is 1. The SMILES string of the molecule is Cn1cc(-c2cnc(N)c(C(=O)NC3COCC3O)c2)cn1. The Morgan fingerprint density at radius 3 is 2.91 bits per heavy atom. The zero-order chi connectivity index (χ0) is 15.7. The molecule has 2 atom stereocenters. The van der Waals surface area contributed by atoms with E-state index in [1.54, 1.807) is 23.1 Å². The zero-order valence-corrected chi connectivity index (χ0v) is 12.1. The molecule has 2 aromatic heterocycles. The van der Waals surface area contributed by atoms with Crippen molar-refractivity contribution in [2.45, 2.75) is 12.1 Å². The summed E-state index contributed by atoms with van der Waals surface area (Å²) in [5, 5.41) is 16.5. The van der Waals surface area contributed by atoms with Gasteiger partial charge in [-0.15, -0.1) is 0 Å². The van der Waals surface area contributed by atoms with Gasteiger partial charge in [0.1, 0.15) is 5.82 Å². The Morgan fingerprint density at radius 1 is 1.45 bits per heavy atom. The molecular formula is C14H17N5O3. The summed E-state index contributed by atoms with van der Waals surface area (Å²) in [6, 6.07) is 1.23. The summed E-state index contributed by atoms with van der Waals surface area (Å²) in [6.45, 7) is 0.497. The van der Waals surface area contributed by atoms with Gasteiger partial charge in [0.15, 0.2) is 0 Å². The van der Waals surface area contributed by atoms with Crippen molar-refractivity contribution in [2.75, 3.05) is 18.9 Å². The van der Waals surface area contributed by atoms with Crippen molar-refractivity contribution in [2.24, 2.45) is 7.05 Å². The number of nitrogens with zero attached hydrogens (tertiary/aromatic N) is 3. The number of nitrogens with one attached hydrogen (secondary N) is 1. The van der Waals surface area contributed by atoms with E-state index in [1.165, 1.54) is 0 Å². The Kier molecular flexibility index (Phi) is 3.78. The van der Waals surface area contributed by atoms with Crippen molar-refractivity contribution in [1.29, 1.82) is 0 Å². The largest absolute Gasteiger partial charge is 0.388 e. The van der Waals surface area contributed by atoms with Gasteiger partial charge in [0, 0.05) is 30.6 Å². The van der Waals surface area contributed by atoms with E-state index in [9.17, 15) is 9.90 Å². The molecule has 3 heterocycles. The summed E-state index contributed by atoms with van der Waals surface area (Å²) in [4.78, 5) is 16.4. The molecular weight excluding hydrogens is 286 g/mol. The number of carbonyl (C=O) groups excluding carboxylic acids is 1. The normalized spacial score (nSPS) is 21.0. The highest BCUT2D eigenvalue weighted by Gasteiger charge is 2.28. The van der Waals surface area contributed by atoms with Crippen LogP contribution < -0.4 is 11.1 Å². The number of carbonyl (C=O) groups is 1. The predicted molar refractivity (Wildman–Crippen MR) is 78.9 cm³/mol. The molecule has 2 aromatic rings. The Balaban J connectivity index is 1.84. The van der Waals surface area contributed by atoms with Crippen LogP contribution in [0.5, 0.6) is 0 Å². The summed E-state index contributed by atoms with van der Waals surface area (Å²) in [7, 11) is 1.81. The lowest BCUT2D eigenvalue weighted by molar-refractivity contribution is 0.0887. The molecule has 0 aromatic carbocycles. The molecule has 1 saturated heterocycles. The molecule has 0 bridgehead atoms. The highest BCUT2D eigenvalue weighted by Crippen LogP contribution is 2.21. The second-order valence-electron chi connectivity index (χ2n) is 5.24. The Labute approximate surface area is 126 Å². The summed E-state index contributed by atoms with van der Waals surface area (Å²) < 4.78 is 6.77. The average molecular weight is 303 g/mol. The maximum absolute atomic E-state index is 12.3. The molecule has 1 aliphatic rings. The van der Waals surface area contributed by atoms with Crippen molar-refractivity contribution < 1.29 is 14.6 Å². The second kappa shape index (κ2) is 5.74. The lowest BCUT2D eigenvalue weighted by atomic mass is 10.1. The maximum atomic E-state index is 12.3. The Morgan fingerprint density at radius 2 is 2.27 bits per heavy atom. The van der Waals surface area contributed by atoms with Crippen LogP contribution in [0, 0.1) is 0 Å². The van der Waals surface area contributed by atoms with Crippen LogP contribution in [-0.4, -0.2) is 51.1 Å². The van der Waals surface area contributed by atoms with Crippen LogP contribution in [0.2, 0.25) is 0 Å². The number of nitrogen functional groups attached to an aromatic ring is 1. The van der Waals surface area contributed by atoms with Crippen LogP contribution >= 0.6 is 0 Å². The zero-order valence-electron chi connectivity index (χ0n) is 12.1. The van der Waals surface area contributed by atoms with Gasteiger partial charge in [-0.05, 0) is 6.07 Å². The highest BCUT2D eigenvalue weighted by atomic mass is 16.5. The number of aryl methyl sites for hydroxylation is 1. The van der Waals surface area contributed by atoms with Crippen LogP contribution in [0.4, 0.5) is 5.82 Å². The fourth-order valence-electron chi connectivity index (χ4n) is 2.31. The molecule has 1 amide bonds. The molecule has 1 aliphatic heterocycles. The van der Waals surface area contributed by atoms with Gasteiger partial charge in [-0.2, -0.15) is 5.10 Å². The lowest BCUT2D eigenvalue weighted by Crippen LogP contribution is -2.42. The van der Waals surface area contributed by atoms with Crippen molar-refractivity contribution >= 4 is 11.7 Å². The van der Waals surface area contributed by atoms with Crippen molar-refractivity contribution in [1.82, 2.24) is 20.1 Å². The second-order valence-corrected chi connectivity index (χ2v) is 5.24. The maximum Gasteiger partial charge on any atom is 0.255 e. The third kappa shape index (κ3) is 2.78. The summed E-state index contributed by atoms with van der Waals surface area (Å²) in [5.74, 6) is -0.246. The molecule has 0 aliphatic carbocycles. The van der Waals surface area contributed by atoms with E-state index in [-0.39, 0.29) is 30.5 Å². The molecule has 0 saturated carbocycles. The van der Waals surface area contributed by atoms with Gasteiger partial charge >= 0.3 is 0 Å². The van der Waals surface area contributed by atoms with Crippen molar-refractivity contribution in [3.63, 3.8) is 0 Å². The molecule has 116 valence electrons. The van der Waals surface area contributed by atoms with Gasteiger partial charge in [-0.1, -0.05) is 0 Å². The van der Waals surface area contributed by atoms with Gasteiger partial charge < -0.3 is 20.9 Å². The van der Waals surface area contributed by atoms with E-state index >= 15 is 0 Å². The quantitative estimate of drug-likeness (QED) is 0.707. The Hall–Kier alpha value is -2.45. The summed E-state index contributed by atoms with van der Waals surface area (Å²) in [6.07, 6.45) is 4.39. The molecule has 0 spiro atoms. The van der Waals surface area contributed by atoms with E-state index in [1.807, 2.05) is 13.2 Å². The first-order valence-corrected chi connectivity index (χ1v) is 6.86. The van der Waals surface area contributed by atoms with Crippen LogP contribution in [0.15, 0.2) is 24.7 Å². The van der Waals surface area contributed by atoms with Gasteiger partial charge in [0.25, 0.3) is 5.91 Å². The number of rotatable bonds is 3. The van der Waals surface area contributed by atoms with Crippen LogP contribution in [0.25, 0.3) is 11.1 Å². The first kappa shape index (κ1) is 14.5. The van der Waals surface area contributed by atoms with Gasteiger partial charge in [0.2, 0.25) is 0 Å². The number of nitrogens with two attached hydrogens (primary N) is 1. The third-order valence-corrected chi connectivity index (χ3v) is 3.57. The van der Waals surface area contributed by atoms with E-state index in [4.69, 9.17) is 10.5 Å². The summed E-state index contributed by atoms with van der Waals surface area (Å²) >= 11 is 0. The monoisotopic (exact) mass is 303 g/mol. The molecule has 2 unspecified atom stereocenters. The number of aromatic nitrogens is 3. The standard InChI is InChI=1S/C14H17N5O3/c1-19-5-9(4-17-19)8-2-10(13(15)16-3-8)14(21)18-11-6-22-7-12(11)20/h2-5,11-12,20H,6-7H2,1H3,(H2,15,16)(H,18,21). The van der Waals surface area contributed by atoms with Gasteiger partial charge in [-0.25, -0.2) is 4.98 Å².